The molecule has 92 valence electrons. The van der Waals surface area contributed by atoms with Gasteiger partial charge in [0, 0.05) is 7.05 Å². The third-order valence-electron chi connectivity index (χ3n) is 2.00. The first-order chi connectivity index (χ1) is 7.65. The van der Waals surface area contributed by atoms with Gasteiger partial charge in [-0.2, -0.15) is 0 Å². The molecule has 0 aliphatic carbocycles. The van der Waals surface area contributed by atoms with Crippen LogP contribution in [-0.2, 0) is 19.8 Å². The molecular weight excluding hydrogens is 229 g/mol. The molecule has 1 aromatic rings. The third-order valence-corrected chi connectivity index (χ3v) is 3.98. The lowest BCUT2D eigenvalue weighted by molar-refractivity contribution is 0.217. The summed E-state index contributed by atoms with van der Waals surface area (Å²) in [6, 6.07) is 1.78. The van der Waals surface area contributed by atoms with Crippen molar-refractivity contribution in [2.24, 2.45) is 0 Å². The molecule has 0 saturated heterocycles. The second-order valence-electron chi connectivity index (χ2n) is 3.11. The van der Waals surface area contributed by atoms with Crippen LogP contribution < -0.4 is 5.32 Å². The highest BCUT2D eigenvalue weighted by Gasteiger charge is 2.27. The molecule has 1 aromatic heterocycles. The van der Waals surface area contributed by atoms with Gasteiger partial charge < -0.3 is 18.8 Å². The molecule has 0 unspecified atom stereocenters. The highest BCUT2D eigenvalue weighted by Crippen LogP contribution is 2.52. The summed E-state index contributed by atoms with van der Waals surface area (Å²) in [5, 5.41) is 2.96. The molecule has 0 saturated carbocycles. The number of hydrogen-bond acceptors (Lipinski definition) is 5. The van der Waals surface area contributed by atoms with Gasteiger partial charge in [0.05, 0.1) is 25.2 Å². The van der Waals surface area contributed by atoms with Crippen molar-refractivity contribution >= 4 is 13.3 Å². The Balaban J connectivity index is 2.79. The number of nitrogens with one attached hydrogen (secondary N) is 1. The topological polar surface area (TPSA) is 60.7 Å². The first-order valence-corrected chi connectivity index (χ1v) is 7.00. The average Bonchev–Trinajstić information content (AvgIpc) is 2.65. The number of furan rings is 1. The average molecular weight is 247 g/mol. The van der Waals surface area contributed by atoms with Gasteiger partial charge in [0.25, 0.3) is 0 Å². The van der Waals surface area contributed by atoms with Gasteiger partial charge in [-0.1, -0.05) is 0 Å². The van der Waals surface area contributed by atoms with E-state index in [-0.39, 0.29) is 6.16 Å². The summed E-state index contributed by atoms with van der Waals surface area (Å²) >= 11 is 0. The lowest BCUT2D eigenvalue weighted by Gasteiger charge is -2.16. The van der Waals surface area contributed by atoms with Crippen molar-refractivity contribution in [2.45, 2.75) is 20.0 Å². The van der Waals surface area contributed by atoms with Gasteiger partial charge in [0.2, 0.25) is 0 Å². The quantitative estimate of drug-likeness (QED) is 0.750. The van der Waals surface area contributed by atoms with Gasteiger partial charge in [-0.15, -0.1) is 0 Å². The summed E-state index contributed by atoms with van der Waals surface area (Å²) in [5.41, 5.74) is 0.805. The largest absolute Gasteiger partial charge is 0.466 e. The van der Waals surface area contributed by atoms with Crippen molar-refractivity contribution in [1.82, 2.24) is 0 Å². The number of rotatable bonds is 7. The van der Waals surface area contributed by atoms with Crippen molar-refractivity contribution in [2.75, 3.05) is 25.6 Å². The van der Waals surface area contributed by atoms with E-state index >= 15 is 0 Å². The fraction of sp³-hybridized carbons (Fsp3) is 0.600. The molecule has 0 bridgehead atoms. The number of hydrogen-bond donors (Lipinski definition) is 1. The van der Waals surface area contributed by atoms with Crippen molar-refractivity contribution < 1.29 is 18.0 Å². The Kier molecular flexibility index (Phi) is 5.06. The van der Waals surface area contributed by atoms with Crippen molar-refractivity contribution in [3.63, 3.8) is 0 Å². The molecule has 1 N–H and O–H groups in total. The molecule has 1 heterocycles. The maximum Gasteiger partial charge on any atom is 0.338 e. The van der Waals surface area contributed by atoms with Gasteiger partial charge in [-0.3, -0.25) is 4.57 Å². The van der Waals surface area contributed by atoms with E-state index in [9.17, 15) is 4.57 Å². The monoisotopic (exact) mass is 247 g/mol. The molecule has 5 nitrogen and oxygen atoms in total. The third kappa shape index (κ3) is 3.37. The zero-order valence-electron chi connectivity index (χ0n) is 9.86. The fourth-order valence-corrected chi connectivity index (χ4v) is 3.02. The first-order valence-electron chi connectivity index (χ1n) is 5.27. The molecule has 0 radical (unpaired) electrons. The van der Waals surface area contributed by atoms with E-state index in [4.69, 9.17) is 13.5 Å². The molecule has 0 amide bonds. The van der Waals surface area contributed by atoms with Gasteiger partial charge >= 0.3 is 7.60 Å². The van der Waals surface area contributed by atoms with E-state index in [1.165, 1.54) is 0 Å². The first kappa shape index (κ1) is 13.3. The Hall–Kier alpha value is -0.770. The van der Waals surface area contributed by atoms with Gasteiger partial charge in [0.1, 0.15) is 11.9 Å². The van der Waals surface area contributed by atoms with Crippen LogP contribution in [-0.4, -0.2) is 20.3 Å². The van der Waals surface area contributed by atoms with E-state index in [0.717, 1.165) is 5.69 Å². The molecule has 16 heavy (non-hydrogen) atoms. The Morgan fingerprint density at radius 3 is 2.50 bits per heavy atom. The van der Waals surface area contributed by atoms with E-state index in [0.29, 0.717) is 19.0 Å². The summed E-state index contributed by atoms with van der Waals surface area (Å²) in [7, 11) is -1.30. The zero-order chi connectivity index (χ0) is 12.0. The molecular formula is C10H18NO4P. The minimum Gasteiger partial charge on any atom is -0.466 e. The summed E-state index contributed by atoms with van der Waals surface area (Å²) in [6.07, 6.45) is 1.70. The smallest absolute Gasteiger partial charge is 0.338 e. The van der Waals surface area contributed by atoms with Crippen molar-refractivity contribution in [3.8, 4) is 0 Å². The fourth-order valence-electron chi connectivity index (χ4n) is 1.38. The molecule has 0 spiro atoms. The molecule has 0 aliphatic rings. The minimum absolute atomic E-state index is 0.151. The summed E-state index contributed by atoms with van der Waals surface area (Å²) < 4.78 is 27.8. The number of anilines is 1. The Morgan fingerprint density at radius 2 is 2.00 bits per heavy atom. The van der Waals surface area contributed by atoms with Crippen molar-refractivity contribution in [3.05, 3.63) is 18.1 Å². The van der Waals surface area contributed by atoms with Crippen LogP contribution in [0.25, 0.3) is 0 Å². The van der Waals surface area contributed by atoms with Crippen LogP contribution in [0.4, 0.5) is 5.69 Å². The normalized spacial score (nSPS) is 11.7. The molecule has 0 aromatic carbocycles. The maximum atomic E-state index is 12.2. The highest BCUT2D eigenvalue weighted by molar-refractivity contribution is 7.53. The van der Waals surface area contributed by atoms with Crippen LogP contribution in [0.1, 0.15) is 19.6 Å². The predicted octanol–water partition coefficient (Wildman–Crippen LogP) is 3.09. The van der Waals surface area contributed by atoms with E-state index in [2.05, 4.69) is 5.32 Å². The Morgan fingerprint density at radius 1 is 1.38 bits per heavy atom. The second kappa shape index (κ2) is 6.09. The lowest BCUT2D eigenvalue weighted by atomic mass is 10.4. The molecule has 6 heteroatoms. The maximum absolute atomic E-state index is 12.2. The van der Waals surface area contributed by atoms with E-state index in [1.54, 1.807) is 33.2 Å². The van der Waals surface area contributed by atoms with Crippen LogP contribution in [0.3, 0.4) is 0 Å². The van der Waals surface area contributed by atoms with Crippen LogP contribution in [0.2, 0.25) is 0 Å². The minimum atomic E-state index is -3.08. The molecule has 1 rings (SSSR count). The van der Waals surface area contributed by atoms with E-state index in [1.807, 2.05) is 0 Å². The van der Waals surface area contributed by atoms with Crippen LogP contribution in [0.15, 0.2) is 16.7 Å². The summed E-state index contributed by atoms with van der Waals surface area (Å²) in [4.78, 5) is 0. The highest BCUT2D eigenvalue weighted by atomic mass is 31.2. The van der Waals surface area contributed by atoms with Gasteiger partial charge in [-0.25, -0.2) is 0 Å². The van der Waals surface area contributed by atoms with Gasteiger partial charge in [-0.05, 0) is 19.9 Å². The zero-order valence-corrected chi connectivity index (χ0v) is 10.8. The Bertz CT molecular complexity index is 353. The second-order valence-corrected chi connectivity index (χ2v) is 5.17. The van der Waals surface area contributed by atoms with Crippen molar-refractivity contribution in [1.29, 1.82) is 0 Å². The SMILES string of the molecule is CCOP(=O)(Cc1occc1NC)OCC. The Labute approximate surface area is 95.7 Å². The standard InChI is InChI=1S/C10H18NO4P/c1-4-14-16(12,15-5-2)8-10-9(11-3)6-7-13-10/h6-7,11H,4-5,8H2,1-3H3. The lowest BCUT2D eigenvalue weighted by Crippen LogP contribution is -2.00. The van der Waals surface area contributed by atoms with Crippen LogP contribution in [0, 0.1) is 0 Å². The van der Waals surface area contributed by atoms with Crippen LogP contribution >= 0.6 is 7.60 Å². The summed E-state index contributed by atoms with van der Waals surface area (Å²) in [6.45, 7) is 4.28. The predicted molar refractivity (Wildman–Crippen MR) is 62.8 cm³/mol. The summed E-state index contributed by atoms with van der Waals surface area (Å²) in [5.74, 6) is 0.590. The molecule has 0 fully saturated rings. The van der Waals surface area contributed by atoms with E-state index < -0.39 is 7.60 Å². The van der Waals surface area contributed by atoms with Gasteiger partial charge in [0.15, 0.2) is 0 Å². The molecule has 0 aliphatic heterocycles. The molecule has 0 atom stereocenters. The van der Waals surface area contributed by atoms with Crippen LogP contribution in [0.5, 0.6) is 0 Å².